The van der Waals surface area contributed by atoms with Gasteiger partial charge in [0.1, 0.15) is 6.10 Å². The van der Waals surface area contributed by atoms with Crippen LogP contribution in [0.5, 0.6) is 0 Å². The van der Waals surface area contributed by atoms with Crippen molar-refractivity contribution in [2.75, 3.05) is 0 Å². The predicted octanol–water partition coefficient (Wildman–Crippen LogP) is 1.91. The van der Waals surface area contributed by atoms with E-state index in [0.29, 0.717) is 13.0 Å². The Bertz CT molecular complexity index is 511. The highest BCUT2D eigenvalue weighted by Gasteiger charge is 2.14. The first-order valence-corrected chi connectivity index (χ1v) is 6.29. The van der Waals surface area contributed by atoms with Crippen molar-refractivity contribution in [2.24, 2.45) is 0 Å². The minimum atomic E-state index is -1.01. The van der Waals surface area contributed by atoms with Gasteiger partial charge in [0, 0.05) is 13.0 Å². The monoisotopic (exact) mass is 255 g/mol. The summed E-state index contributed by atoms with van der Waals surface area (Å²) in [4.78, 5) is 11.8. The Hall–Kier alpha value is -2.13. The van der Waals surface area contributed by atoms with Gasteiger partial charge in [-0.1, -0.05) is 60.7 Å². The molecule has 0 heterocycles. The highest BCUT2D eigenvalue weighted by Crippen LogP contribution is 2.04. The van der Waals surface area contributed by atoms with Gasteiger partial charge in [-0.25, -0.2) is 0 Å². The van der Waals surface area contributed by atoms with Gasteiger partial charge in [-0.05, 0) is 11.1 Å². The fourth-order valence-electron chi connectivity index (χ4n) is 1.83. The second-order valence-electron chi connectivity index (χ2n) is 4.41. The largest absolute Gasteiger partial charge is 0.383 e. The smallest absolute Gasteiger partial charge is 0.249 e. The molecule has 0 saturated carbocycles. The second-order valence-corrected chi connectivity index (χ2v) is 4.41. The van der Waals surface area contributed by atoms with Crippen LogP contribution in [0.25, 0.3) is 0 Å². The molecule has 1 amide bonds. The van der Waals surface area contributed by atoms with Crippen molar-refractivity contribution >= 4 is 5.91 Å². The number of carbonyl (C=O) groups excluding carboxylic acids is 1. The molecule has 0 saturated heterocycles. The van der Waals surface area contributed by atoms with Crippen LogP contribution in [0.4, 0.5) is 0 Å². The van der Waals surface area contributed by atoms with Crippen molar-refractivity contribution in [1.82, 2.24) is 5.32 Å². The number of rotatable bonds is 5. The van der Waals surface area contributed by atoms with Gasteiger partial charge in [0.2, 0.25) is 5.91 Å². The van der Waals surface area contributed by atoms with Crippen molar-refractivity contribution in [3.63, 3.8) is 0 Å². The Morgan fingerprint density at radius 3 is 2.05 bits per heavy atom. The fraction of sp³-hybridized carbons (Fsp3) is 0.188. The van der Waals surface area contributed by atoms with E-state index in [4.69, 9.17) is 0 Å². The molecule has 19 heavy (non-hydrogen) atoms. The van der Waals surface area contributed by atoms with Crippen LogP contribution in [-0.4, -0.2) is 17.1 Å². The summed E-state index contributed by atoms with van der Waals surface area (Å²) in [5, 5.41) is 12.6. The van der Waals surface area contributed by atoms with E-state index in [2.05, 4.69) is 5.32 Å². The quantitative estimate of drug-likeness (QED) is 0.857. The van der Waals surface area contributed by atoms with Crippen molar-refractivity contribution in [3.8, 4) is 0 Å². The molecule has 0 bridgehead atoms. The highest BCUT2D eigenvalue weighted by molar-refractivity contribution is 5.80. The van der Waals surface area contributed by atoms with Crippen LogP contribution in [0, 0.1) is 0 Å². The maximum absolute atomic E-state index is 11.8. The summed E-state index contributed by atoms with van der Waals surface area (Å²) in [6, 6.07) is 19.1. The zero-order valence-electron chi connectivity index (χ0n) is 10.6. The van der Waals surface area contributed by atoms with E-state index in [1.807, 2.05) is 60.7 Å². The molecule has 0 radical (unpaired) electrons. The molecule has 2 rings (SSSR count). The van der Waals surface area contributed by atoms with Gasteiger partial charge in [-0.15, -0.1) is 0 Å². The molecule has 0 aliphatic rings. The first kappa shape index (κ1) is 13.3. The molecule has 0 unspecified atom stereocenters. The Kier molecular flexibility index (Phi) is 4.70. The summed E-state index contributed by atoms with van der Waals surface area (Å²) in [7, 11) is 0. The van der Waals surface area contributed by atoms with Crippen molar-refractivity contribution < 1.29 is 9.90 Å². The first-order chi connectivity index (χ1) is 9.25. The van der Waals surface area contributed by atoms with Crippen molar-refractivity contribution in [1.29, 1.82) is 0 Å². The van der Waals surface area contributed by atoms with Crippen LogP contribution in [0.3, 0.4) is 0 Å². The SMILES string of the molecule is O=C(NCc1ccccc1)[C@@H](O)Cc1ccccc1. The van der Waals surface area contributed by atoms with E-state index < -0.39 is 6.10 Å². The standard InChI is InChI=1S/C16H17NO2/c18-15(11-13-7-3-1-4-8-13)16(19)17-12-14-9-5-2-6-10-14/h1-10,15,18H,11-12H2,(H,17,19)/t15-/m0/s1. The maximum atomic E-state index is 11.8. The Morgan fingerprint density at radius 1 is 0.947 bits per heavy atom. The Labute approximate surface area is 112 Å². The third-order valence-corrected chi connectivity index (χ3v) is 2.88. The van der Waals surface area contributed by atoms with Gasteiger partial charge in [-0.3, -0.25) is 4.79 Å². The van der Waals surface area contributed by atoms with Gasteiger partial charge in [0.25, 0.3) is 0 Å². The molecule has 2 aromatic carbocycles. The van der Waals surface area contributed by atoms with Gasteiger partial charge >= 0.3 is 0 Å². The lowest BCUT2D eigenvalue weighted by Crippen LogP contribution is -2.35. The zero-order valence-corrected chi connectivity index (χ0v) is 10.6. The summed E-state index contributed by atoms with van der Waals surface area (Å²) >= 11 is 0. The molecule has 1 atom stereocenters. The number of aliphatic hydroxyl groups excluding tert-OH is 1. The van der Waals surface area contributed by atoms with Crippen molar-refractivity contribution in [2.45, 2.75) is 19.1 Å². The van der Waals surface area contributed by atoms with Gasteiger partial charge < -0.3 is 10.4 Å². The molecular weight excluding hydrogens is 238 g/mol. The van der Waals surface area contributed by atoms with Gasteiger partial charge in [-0.2, -0.15) is 0 Å². The summed E-state index contributed by atoms with van der Waals surface area (Å²) in [6.07, 6.45) is -0.673. The number of amides is 1. The number of hydrogen-bond acceptors (Lipinski definition) is 2. The third-order valence-electron chi connectivity index (χ3n) is 2.88. The van der Waals surface area contributed by atoms with Crippen LogP contribution < -0.4 is 5.32 Å². The minimum Gasteiger partial charge on any atom is -0.383 e. The Balaban J connectivity index is 1.83. The van der Waals surface area contributed by atoms with Crippen LogP contribution >= 0.6 is 0 Å². The molecular formula is C16H17NO2. The number of carbonyl (C=O) groups is 1. The Morgan fingerprint density at radius 2 is 1.47 bits per heavy atom. The van der Waals surface area contributed by atoms with E-state index in [1.165, 1.54) is 0 Å². The summed E-state index contributed by atoms with van der Waals surface area (Å²) in [6.45, 7) is 0.436. The maximum Gasteiger partial charge on any atom is 0.249 e. The fourth-order valence-corrected chi connectivity index (χ4v) is 1.83. The molecule has 2 aromatic rings. The predicted molar refractivity (Wildman–Crippen MR) is 74.4 cm³/mol. The lowest BCUT2D eigenvalue weighted by molar-refractivity contribution is -0.129. The molecule has 0 spiro atoms. The van der Waals surface area contributed by atoms with Crippen LogP contribution in [0.15, 0.2) is 60.7 Å². The number of nitrogens with one attached hydrogen (secondary N) is 1. The van der Waals surface area contributed by atoms with E-state index in [9.17, 15) is 9.90 Å². The average Bonchev–Trinajstić information content (AvgIpc) is 2.47. The molecule has 0 aromatic heterocycles. The molecule has 3 heteroatoms. The highest BCUT2D eigenvalue weighted by atomic mass is 16.3. The molecule has 0 fully saturated rings. The zero-order chi connectivity index (χ0) is 13.5. The normalized spacial score (nSPS) is 11.8. The van der Waals surface area contributed by atoms with Gasteiger partial charge in [0.15, 0.2) is 0 Å². The lowest BCUT2D eigenvalue weighted by atomic mass is 10.1. The topological polar surface area (TPSA) is 49.3 Å². The number of benzene rings is 2. The molecule has 98 valence electrons. The summed E-state index contributed by atoms with van der Waals surface area (Å²) < 4.78 is 0. The van der Waals surface area contributed by atoms with Crippen molar-refractivity contribution in [3.05, 3.63) is 71.8 Å². The molecule has 0 aliphatic carbocycles. The summed E-state index contributed by atoms with van der Waals surface area (Å²) in [5.41, 5.74) is 1.97. The molecule has 3 nitrogen and oxygen atoms in total. The summed E-state index contributed by atoms with van der Waals surface area (Å²) in [5.74, 6) is -0.340. The van der Waals surface area contributed by atoms with Crippen LogP contribution in [0.1, 0.15) is 11.1 Å². The van der Waals surface area contributed by atoms with E-state index in [0.717, 1.165) is 11.1 Å². The third kappa shape index (κ3) is 4.23. The van der Waals surface area contributed by atoms with E-state index in [-0.39, 0.29) is 5.91 Å². The molecule has 0 aliphatic heterocycles. The number of aliphatic hydroxyl groups is 1. The van der Waals surface area contributed by atoms with Gasteiger partial charge in [0.05, 0.1) is 0 Å². The first-order valence-electron chi connectivity index (χ1n) is 6.29. The minimum absolute atomic E-state index is 0.335. The van der Waals surface area contributed by atoms with E-state index >= 15 is 0 Å². The van der Waals surface area contributed by atoms with Crippen LogP contribution in [-0.2, 0) is 17.8 Å². The van der Waals surface area contributed by atoms with Crippen LogP contribution in [0.2, 0.25) is 0 Å². The number of hydrogen-bond donors (Lipinski definition) is 2. The van der Waals surface area contributed by atoms with E-state index in [1.54, 1.807) is 0 Å². The average molecular weight is 255 g/mol. The molecule has 2 N–H and O–H groups in total. The second kappa shape index (κ2) is 6.71. The lowest BCUT2D eigenvalue weighted by Gasteiger charge is -2.11.